The zero-order valence-electron chi connectivity index (χ0n) is 10.4. The van der Waals surface area contributed by atoms with Crippen LogP contribution < -0.4 is 5.32 Å². The Morgan fingerprint density at radius 2 is 2.07 bits per heavy atom. The molecule has 0 amide bonds. The van der Waals surface area contributed by atoms with Crippen molar-refractivity contribution in [2.24, 2.45) is 0 Å². The normalized spacial score (nSPS) is 11.1. The standard InChI is InChI=1S/C11H24N2O2/c1-10(2)13(3)9-5-7-12-8-6-11(14)15-4/h10,12H,5-9H2,1-4H3. The van der Waals surface area contributed by atoms with Gasteiger partial charge >= 0.3 is 5.97 Å². The molecule has 0 aromatic rings. The molecule has 0 aromatic carbocycles. The van der Waals surface area contributed by atoms with E-state index in [2.05, 4.69) is 35.8 Å². The molecule has 0 aliphatic carbocycles. The zero-order chi connectivity index (χ0) is 11.7. The molecule has 0 saturated carbocycles. The maximum atomic E-state index is 10.8. The fourth-order valence-corrected chi connectivity index (χ4v) is 1.13. The molecule has 0 bridgehead atoms. The topological polar surface area (TPSA) is 41.6 Å². The van der Waals surface area contributed by atoms with Crippen LogP contribution in [0.15, 0.2) is 0 Å². The first-order valence-electron chi connectivity index (χ1n) is 5.55. The van der Waals surface area contributed by atoms with E-state index in [1.165, 1.54) is 7.11 Å². The molecule has 0 spiro atoms. The van der Waals surface area contributed by atoms with E-state index in [0.717, 1.165) is 19.5 Å². The molecule has 0 aromatic heterocycles. The molecule has 15 heavy (non-hydrogen) atoms. The van der Waals surface area contributed by atoms with Gasteiger partial charge < -0.3 is 15.0 Å². The molecule has 4 heteroatoms. The SMILES string of the molecule is COC(=O)CCNCCCN(C)C(C)C. The number of hydrogen-bond acceptors (Lipinski definition) is 4. The zero-order valence-corrected chi connectivity index (χ0v) is 10.4. The number of methoxy groups -OCH3 is 1. The average molecular weight is 216 g/mol. The van der Waals surface area contributed by atoms with Gasteiger partial charge in [-0.2, -0.15) is 0 Å². The van der Waals surface area contributed by atoms with Crippen LogP contribution in [0, 0.1) is 0 Å². The number of rotatable bonds is 8. The summed E-state index contributed by atoms with van der Waals surface area (Å²) < 4.78 is 4.54. The van der Waals surface area contributed by atoms with Gasteiger partial charge in [-0.05, 0) is 40.4 Å². The molecule has 0 aliphatic rings. The molecule has 0 fully saturated rings. The second-order valence-corrected chi connectivity index (χ2v) is 4.00. The summed E-state index contributed by atoms with van der Waals surface area (Å²) in [6, 6.07) is 0.597. The van der Waals surface area contributed by atoms with Gasteiger partial charge in [-0.25, -0.2) is 0 Å². The summed E-state index contributed by atoms with van der Waals surface area (Å²) in [5.74, 6) is -0.151. The van der Waals surface area contributed by atoms with E-state index in [-0.39, 0.29) is 5.97 Å². The first kappa shape index (κ1) is 14.4. The van der Waals surface area contributed by atoms with Gasteiger partial charge in [-0.1, -0.05) is 0 Å². The van der Waals surface area contributed by atoms with E-state index in [9.17, 15) is 4.79 Å². The molecule has 0 atom stereocenters. The average Bonchev–Trinajstić information content (AvgIpc) is 2.22. The first-order chi connectivity index (χ1) is 7.07. The van der Waals surface area contributed by atoms with Crippen LogP contribution in [0.3, 0.4) is 0 Å². The molecule has 0 heterocycles. The minimum atomic E-state index is -0.151. The lowest BCUT2D eigenvalue weighted by molar-refractivity contribution is -0.140. The highest BCUT2D eigenvalue weighted by Gasteiger charge is 2.02. The number of esters is 1. The van der Waals surface area contributed by atoms with Crippen molar-refractivity contribution >= 4 is 5.97 Å². The van der Waals surface area contributed by atoms with Gasteiger partial charge in [0.05, 0.1) is 13.5 Å². The fourth-order valence-electron chi connectivity index (χ4n) is 1.13. The smallest absolute Gasteiger partial charge is 0.306 e. The van der Waals surface area contributed by atoms with Gasteiger partial charge in [0.2, 0.25) is 0 Å². The third-order valence-electron chi connectivity index (χ3n) is 2.48. The molecule has 4 nitrogen and oxygen atoms in total. The van der Waals surface area contributed by atoms with Crippen LogP contribution in [0.4, 0.5) is 0 Å². The van der Waals surface area contributed by atoms with Crippen LogP contribution in [0.5, 0.6) is 0 Å². The maximum absolute atomic E-state index is 10.8. The summed E-state index contributed by atoms with van der Waals surface area (Å²) in [4.78, 5) is 13.1. The monoisotopic (exact) mass is 216 g/mol. The number of carbonyl (C=O) groups is 1. The van der Waals surface area contributed by atoms with E-state index >= 15 is 0 Å². The Morgan fingerprint density at radius 3 is 2.60 bits per heavy atom. The van der Waals surface area contributed by atoms with Crippen molar-refractivity contribution in [1.82, 2.24) is 10.2 Å². The number of nitrogens with one attached hydrogen (secondary N) is 1. The Kier molecular flexibility index (Phi) is 8.33. The summed E-state index contributed by atoms with van der Waals surface area (Å²) >= 11 is 0. The first-order valence-corrected chi connectivity index (χ1v) is 5.55. The maximum Gasteiger partial charge on any atom is 0.306 e. The highest BCUT2D eigenvalue weighted by molar-refractivity contribution is 5.69. The summed E-state index contributed by atoms with van der Waals surface area (Å²) in [6.45, 7) is 7.12. The molecular weight excluding hydrogens is 192 g/mol. The molecule has 0 radical (unpaired) electrons. The van der Waals surface area contributed by atoms with Crippen molar-refractivity contribution in [1.29, 1.82) is 0 Å². The summed E-state index contributed by atoms with van der Waals surface area (Å²) in [7, 11) is 3.54. The number of ether oxygens (including phenoxy) is 1. The molecule has 0 unspecified atom stereocenters. The predicted octanol–water partition coefficient (Wildman–Crippen LogP) is 0.869. The third-order valence-corrected chi connectivity index (χ3v) is 2.48. The van der Waals surface area contributed by atoms with E-state index < -0.39 is 0 Å². The molecular formula is C11H24N2O2. The lowest BCUT2D eigenvalue weighted by Crippen LogP contribution is -2.30. The predicted molar refractivity (Wildman–Crippen MR) is 61.9 cm³/mol. The van der Waals surface area contributed by atoms with Crippen molar-refractivity contribution in [3.63, 3.8) is 0 Å². The summed E-state index contributed by atoms with van der Waals surface area (Å²) in [6.07, 6.45) is 1.56. The number of hydrogen-bond donors (Lipinski definition) is 1. The van der Waals surface area contributed by atoms with Crippen molar-refractivity contribution in [2.45, 2.75) is 32.7 Å². The quantitative estimate of drug-likeness (QED) is 0.483. The molecule has 1 N–H and O–H groups in total. The third kappa shape index (κ3) is 8.39. The molecule has 0 saturated heterocycles. The van der Waals surface area contributed by atoms with Crippen LogP contribution in [-0.2, 0) is 9.53 Å². The molecule has 90 valence electrons. The van der Waals surface area contributed by atoms with E-state index in [1.807, 2.05) is 0 Å². The van der Waals surface area contributed by atoms with Crippen molar-refractivity contribution in [3.05, 3.63) is 0 Å². The van der Waals surface area contributed by atoms with Gasteiger partial charge in [0.25, 0.3) is 0 Å². The Hall–Kier alpha value is -0.610. The van der Waals surface area contributed by atoms with E-state index in [1.54, 1.807) is 0 Å². The van der Waals surface area contributed by atoms with Crippen LogP contribution in [0.2, 0.25) is 0 Å². The fraction of sp³-hybridized carbons (Fsp3) is 0.909. The van der Waals surface area contributed by atoms with Gasteiger partial charge in [0.15, 0.2) is 0 Å². The second kappa shape index (κ2) is 8.68. The summed E-state index contributed by atoms with van der Waals surface area (Å²) in [5.41, 5.74) is 0. The molecule has 0 aliphatic heterocycles. The van der Waals surface area contributed by atoms with Crippen LogP contribution >= 0.6 is 0 Å². The van der Waals surface area contributed by atoms with Crippen LogP contribution in [0.25, 0.3) is 0 Å². The van der Waals surface area contributed by atoms with Gasteiger partial charge in [0.1, 0.15) is 0 Å². The van der Waals surface area contributed by atoms with Gasteiger partial charge in [-0.15, -0.1) is 0 Å². The number of carbonyl (C=O) groups excluding carboxylic acids is 1. The Labute approximate surface area is 93.0 Å². The van der Waals surface area contributed by atoms with Crippen molar-refractivity contribution in [3.8, 4) is 0 Å². The molecule has 0 rings (SSSR count). The van der Waals surface area contributed by atoms with E-state index in [0.29, 0.717) is 19.0 Å². The van der Waals surface area contributed by atoms with Gasteiger partial charge in [-0.3, -0.25) is 4.79 Å². The van der Waals surface area contributed by atoms with E-state index in [4.69, 9.17) is 0 Å². The van der Waals surface area contributed by atoms with Crippen LogP contribution in [-0.4, -0.2) is 50.7 Å². The Balaban J connectivity index is 3.22. The summed E-state index contributed by atoms with van der Waals surface area (Å²) in [5, 5.41) is 3.22. The Bertz CT molecular complexity index is 172. The minimum Gasteiger partial charge on any atom is -0.469 e. The van der Waals surface area contributed by atoms with Crippen LogP contribution in [0.1, 0.15) is 26.7 Å². The lowest BCUT2D eigenvalue weighted by Gasteiger charge is -2.20. The van der Waals surface area contributed by atoms with Crippen molar-refractivity contribution in [2.75, 3.05) is 33.8 Å². The van der Waals surface area contributed by atoms with Gasteiger partial charge in [0, 0.05) is 12.6 Å². The minimum absolute atomic E-state index is 0.151. The lowest BCUT2D eigenvalue weighted by atomic mass is 10.3. The number of nitrogens with zero attached hydrogens (tertiary/aromatic N) is 1. The van der Waals surface area contributed by atoms with Crippen molar-refractivity contribution < 1.29 is 9.53 Å². The highest BCUT2D eigenvalue weighted by Crippen LogP contribution is 1.94. The Morgan fingerprint density at radius 1 is 1.40 bits per heavy atom. The highest BCUT2D eigenvalue weighted by atomic mass is 16.5. The largest absolute Gasteiger partial charge is 0.469 e. The second-order valence-electron chi connectivity index (χ2n) is 4.00.